The highest BCUT2D eigenvalue weighted by Crippen LogP contribution is 2.29. The minimum Gasteiger partial charge on any atom is -0.208 e. The fourth-order valence-electron chi connectivity index (χ4n) is 3.11. The lowest BCUT2D eigenvalue weighted by molar-refractivity contribution is 0.749. The van der Waals surface area contributed by atoms with Crippen LogP contribution in [0.5, 0.6) is 0 Å². The monoisotopic (exact) mass is 359 g/mol. The van der Waals surface area contributed by atoms with Gasteiger partial charge in [-0.3, -0.25) is 0 Å². The summed E-state index contributed by atoms with van der Waals surface area (Å²) in [6.07, 6.45) is 7.57. The van der Waals surface area contributed by atoms with Crippen LogP contribution in [0.4, 0.5) is 0 Å². The summed E-state index contributed by atoms with van der Waals surface area (Å²) in [5, 5.41) is 0.202. The first-order chi connectivity index (χ1) is 12.7. The van der Waals surface area contributed by atoms with Crippen molar-refractivity contribution in [3.05, 3.63) is 83.7 Å². The lowest BCUT2D eigenvalue weighted by Crippen LogP contribution is -1.99. The molecule has 0 saturated carbocycles. The molecule has 26 heavy (non-hydrogen) atoms. The molecule has 0 spiro atoms. The molecule has 0 unspecified atom stereocenters. The number of benzene rings is 2. The Morgan fingerprint density at radius 2 is 1.54 bits per heavy atom. The Balaban J connectivity index is 1.74. The van der Waals surface area contributed by atoms with E-state index in [1.807, 2.05) is 42.5 Å². The van der Waals surface area contributed by atoms with Crippen LogP contribution in [0, 0.1) is 5.92 Å². The zero-order valence-electron chi connectivity index (χ0n) is 14.4. The van der Waals surface area contributed by atoms with E-state index in [0.29, 0.717) is 17.6 Å². The molecule has 0 fully saturated rings. The third-order valence-electron chi connectivity index (χ3n) is 4.41. The highest BCUT2D eigenvalue weighted by Gasteiger charge is 2.12. The quantitative estimate of drug-likeness (QED) is 0.589. The molecule has 0 saturated heterocycles. The smallest absolute Gasteiger partial charge is 0.208 e. The molecular weight excluding hydrogens is 342 g/mol. The summed E-state index contributed by atoms with van der Waals surface area (Å²) in [6, 6.07) is 18.1. The van der Waals surface area contributed by atoms with E-state index in [2.05, 4.69) is 52.2 Å². The second-order valence-corrected chi connectivity index (χ2v) is 6.79. The first-order valence-electron chi connectivity index (χ1n) is 8.64. The van der Waals surface area contributed by atoms with Crippen molar-refractivity contribution in [1.82, 2.24) is 15.0 Å². The SMILES string of the molecule is C[C@H]1C=CC=C(c2cccc(-c3nc(Cl)nc(-c4ccccc4)n3)c2)C1. The second kappa shape index (κ2) is 7.22. The molecule has 0 amide bonds. The van der Waals surface area contributed by atoms with Gasteiger partial charge in [-0.05, 0) is 41.1 Å². The van der Waals surface area contributed by atoms with Gasteiger partial charge >= 0.3 is 0 Å². The van der Waals surface area contributed by atoms with E-state index in [1.165, 1.54) is 11.1 Å². The summed E-state index contributed by atoms with van der Waals surface area (Å²) in [6.45, 7) is 2.23. The van der Waals surface area contributed by atoms with Gasteiger partial charge in [0.15, 0.2) is 11.6 Å². The fourth-order valence-corrected chi connectivity index (χ4v) is 3.27. The van der Waals surface area contributed by atoms with Crippen LogP contribution in [0.15, 0.2) is 72.8 Å². The van der Waals surface area contributed by atoms with Gasteiger partial charge in [-0.15, -0.1) is 0 Å². The molecule has 128 valence electrons. The van der Waals surface area contributed by atoms with Crippen molar-refractivity contribution in [2.24, 2.45) is 5.92 Å². The highest BCUT2D eigenvalue weighted by atomic mass is 35.5. The molecule has 1 aromatic heterocycles. The maximum Gasteiger partial charge on any atom is 0.226 e. The van der Waals surface area contributed by atoms with Crippen LogP contribution < -0.4 is 0 Å². The zero-order chi connectivity index (χ0) is 17.9. The van der Waals surface area contributed by atoms with Crippen molar-refractivity contribution in [2.75, 3.05) is 0 Å². The normalized spacial score (nSPS) is 16.4. The van der Waals surface area contributed by atoms with Crippen molar-refractivity contribution in [3.63, 3.8) is 0 Å². The molecule has 1 aliphatic carbocycles. The van der Waals surface area contributed by atoms with Gasteiger partial charge in [-0.1, -0.05) is 73.7 Å². The van der Waals surface area contributed by atoms with E-state index >= 15 is 0 Å². The van der Waals surface area contributed by atoms with Crippen LogP contribution in [-0.4, -0.2) is 15.0 Å². The molecule has 3 nitrogen and oxygen atoms in total. The van der Waals surface area contributed by atoms with E-state index in [1.54, 1.807) is 0 Å². The molecule has 1 heterocycles. The van der Waals surface area contributed by atoms with Crippen LogP contribution in [-0.2, 0) is 0 Å². The maximum atomic E-state index is 6.17. The minimum absolute atomic E-state index is 0.202. The Morgan fingerprint density at radius 1 is 0.846 bits per heavy atom. The number of rotatable bonds is 3. The Kier molecular flexibility index (Phi) is 4.63. The number of hydrogen-bond acceptors (Lipinski definition) is 3. The number of hydrogen-bond donors (Lipinski definition) is 0. The summed E-state index contributed by atoms with van der Waals surface area (Å²) in [7, 11) is 0. The van der Waals surface area contributed by atoms with Gasteiger partial charge in [-0.2, -0.15) is 9.97 Å². The van der Waals surface area contributed by atoms with Gasteiger partial charge in [0, 0.05) is 11.1 Å². The highest BCUT2D eigenvalue weighted by molar-refractivity contribution is 6.28. The van der Waals surface area contributed by atoms with Gasteiger partial charge in [0.05, 0.1) is 0 Å². The molecule has 1 atom stereocenters. The van der Waals surface area contributed by atoms with E-state index in [0.717, 1.165) is 17.5 Å². The van der Waals surface area contributed by atoms with Crippen LogP contribution in [0.1, 0.15) is 18.9 Å². The van der Waals surface area contributed by atoms with Gasteiger partial charge in [0.25, 0.3) is 0 Å². The van der Waals surface area contributed by atoms with E-state index in [4.69, 9.17) is 11.6 Å². The summed E-state index contributed by atoms with van der Waals surface area (Å²) in [4.78, 5) is 13.3. The zero-order valence-corrected chi connectivity index (χ0v) is 15.2. The van der Waals surface area contributed by atoms with Crippen molar-refractivity contribution in [1.29, 1.82) is 0 Å². The molecule has 0 radical (unpaired) electrons. The predicted octanol–water partition coefficient (Wildman–Crippen LogP) is 5.84. The van der Waals surface area contributed by atoms with Crippen LogP contribution in [0.25, 0.3) is 28.3 Å². The molecular formula is C22H18ClN3. The largest absolute Gasteiger partial charge is 0.226 e. The van der Waals surface area contributed by atoms with Crippen molar-refractivity contribution in [3.8, 4) is 22.8 Å². The average molecular weight is 360 g/mol. The molecule has 0 aliphatic heterocycles. The number of allylic oxidation sites excluding steroid dienone is 4. The number of nitrogens with zero attached hydrogens (tertiary/aromatic N) is 3. The molecule has 3 aromatic rings. The van der Waals surface area contributed by atoms with Gasteiger partial charge in [0.1, 0.15) is 0 Å². The lowest BCUT2D eigenvalue weighted by atomic mass is 9.90. The van der Waals surface area contributed by atoms with E-state index in [9.17, 15) is 0 Å². The van der Waals surface area contributed by atoms with E-state index < -0.39 is 0 Å². The summed E-state index contributed by atoms with van der Waals surface area (Å²) < 4.78 is 0. The topological polar surface area (TPSA) is 38.7 Å². The van der Waals surface area contributed by atoms with Crippen LogP contribution in [0.2, 0.25) is 5.28 Å². The summed E-state index contributed by atoms with van der Waals surface area (Å²) in [5.74, 6) is 1.72. The second-order valence-electron chi connectivity index (χ2n) is 6.46. The number of halogens is 1. The first-order valence-corrected chi connectivity index (χ1v) is 9.02. The predicted molar refractivity (Wildman–Crippen MR) is 107 cm³/mol. The summed E-state index contributed by atoms with van der Waals surface area (Å²) >= 11 is 6.17. The third-order valence-corrected chi connectivity index (χ3v) is 4.58. The Bertz CT molecular complexity index is 993. The third kappa shape index (κ3) is 3.58. The molecule has 1 aliphatic rings. The molecule has 4 rings (SSSR count). The van der Waals surface area contributed by atoms with Crippen LogP contribution >= 0.6 is 11.6 Å². The molecule has 4 heteroatoms. The lowest BCUT2D eigenvalue weighted by Gasteiger charge is -2.15. The Morgan fingerprint density at radius 3 is 2.31 bits per heavy atom. The van der Waals surface area contributed by atoms with E-state index in [-0.39, 0.29) is 5.28 Å². The van der Waals surface area contributed by atoms with Gasteiger partial charge in [-0.25, -0.2) is 4.98 Å². The van der Waals surface area contributed by atoms with Crippen molar-refractivity contribution in [2.45, 2.75) is 13.3 Å². The summed E-state index contributed by atoms with van der Waals surface area (Å²) in [5.41, 5.74) is 4.37. The van der Waals surface area contributed by atoms with Crippen molar-refractivity contribution >= 4 is 17.2 Å². The number of aromatic nitrogens is 3. The van der Waals surface area contributed by atoms with Crippen LogP contribution in [0.3, 0.4) is 0 Å². The average Bonchev–Trinajstić information content (AvgIpc) is 2.68. The fraction of sp³-hybridized carbons (Fsp3) is 0.136. The van der Waals surface area contributed by atoms with Gasteiger partial charge in [0.2, 0.25) is 5.28 Å². The maximum absolute atomic E-state index is 6.17. The Hall–Kier alpha value is -2.78. The first kappa shape index (κ1) is 16.7. The molecule has 0 N–H and O–H groups in total. The Labute approximate surface area is 158 Å². The van der Waals surface area contributed by atoms with Gasteiger partial charge < -0.3 is 0 Å². The molecule has 2 aromatic carbocycles. The standard InChI is InChI=1S/C22H18ClN3/c1-15-7-5-10-17(13-15)18-11-6-12-19(14-18)21-24-20(25-22(23)26-21)16-8-3-2-4-9-16/h2-12,14-15H,13H2,1H3/t15-/m0/s1. The van der Waals surface area contributed by atoms with Crippen molar-refractivity contribution < 1.29 is 0 Å². The minimum atomic E-state index is 0.202. The molecule has 0 bridgehead atoms.